The van der Waals surface area contributed by atoms with Crippen LogP contribution in [0.3, 0.4) is 0 Å². The van der Waals surface area contributed by atoms with Crippen LogP contribution in [0.2, 0.25) is 0 Å². The highest BCUT2D eigenvalue weighted by molar-refractivity contribution is 7.14. The fraction of sp³-hybridized carbons (Fsp3) is 0.333. The number of aromatic hydroxyl groups is 1. The minimum atomic E-state index is -0.746. The molecule has 0 saturated heterocycles. The van der Waals surface area contributed by atoms with Crippen molar-refractivity contribution in [3.05, 3.63) is 62.5 Å². The molecule has 0 saturated carbocycles. The van der Waals surface area contributed by atoms with Gasteiger partial charge < -0.3 is 10.0 Å². The standard InChI is InChI=1S/C21H21F2N5O3S/c1-5-27-20(31)16-18(30)17(29)13(10-28(16)26(4)21(27,2)3)19-25-24-15(32-19)8-11-6-7-12(22)9-14(11)23/h6-7,9-10,30H,5,8H2,1-4H3. The van der Waals surface area contributed by atoms with Gasteiger partial charge in [0.15, 0.2) is 16.5 Å². The summed E-state index contributed by atoms with van der Waals surface area (Å²) >= 11 is 1.05. The van der Waals surface area contributed by atoms with Gasteiger partial charge in [-0.05, 0) is 32.4 Å². The number of carbonyl (C=O) groups excluding carboxylic acids is 1. The Morgan fingerprint density at radius 3 is 2.56 bits per heavy atom. The number of benzene rings is 1. The van der Waals surface area contributed by atoms with Gasteiger partial charge in [0.2, 0.25) is 5.43 Å². The van der Waals surface area contributed by atoms with Gasteiger partial charge in [-0.15, -0.1) is 10.2 Å². The van der Waals surface area contributed by atoms with E-state index in [4.69, 9.17) is 0 Å². The molecular formula is C21H21F2N5O3S. The Hall–Kier alpha value is -3.34. The predicted molar refractivity (Wildman–Crippen MR) is 115 cm³/mol. The Morgan fingerprint density at radius 2 is 1.91 bits per heavy atom. The number of pyridine rings is 1. The zero-order valence-electron chi connectivity index (χ0n) is 17.9. The van der Waals surface area contributed by atoms with Gasteiger partial charge in [-0.1, -0.05) is 17.4 Å². The Morgan fingerprint density at radius 1 is 1.19 bits per heavy atom. The summed E-state index contributed by atoms with van der Waals surface area (Å²) < 4.78 is 28.6. The minimum absolute atomic E-state index is 0.0648. The van der Waals surface area contributed by atoms with E-state index in [1.54, 1.807) is 17.0 Å². The van der Waals surface area contributed by atoms with Crippen LogP contribution in [0.25, 0.3) is 10.6 Å². The van der Waals surface area contributed by atoms with Crippen LogP contribution in [0, 0.1) is 11.6 Å². The second-order valence-electron chi connectivity index (χ2n) is 7.89. The van der Waals surface area contributed by atoms with Gasteiger partial charge in [0, 0.05) is 32.3 Å². The number of hydrogen-bond donors (Lipinski definition) is 1. The fourth-order valence-corrected chi connectivity index (χ4v) is 4.65. The van der Waals surface area contributed by atoms with E-state index in [0.717, 1.165) is 23.5 Å². The Kier molecular flexibility index (Phi) is 5.24. The largest absolute Gasteiger partial charge is 0.502 e. The third-order valence-electron chi connectivity index (χ3n) is 5.76. The first-order chi connectivity index (χ1) is 15.1. The fourth-order valence-electron chi connectivity index (χ4n) is 3.78. The molecule has 0 radical (unpaired) electrons. The molecule has 0 bridgehead atoms. The Balaban J connectivity index is 1.77. The summed E-state index contributed by atoms with van der Waals surface area (Å²) in [6.07, 6.45) is 1.52. The first kappa shape index (κ1) is 21.9. The van der Waals surface area contributed by atoms with Crippen LogP contribution in [-0.2, 0) is 6.42 Å². The molecule has 1 amide bonds. The summed E-state index contributed by atoms with van der Waals surface area (Å²) in [5, 5.41) is 21.0. The molecule has 3 heterocycles. The van der Waals surface area contributed by atoms with Crippen LogP contribution in [0.4, 0.5) is 8.78 Å². The van der Waals surface area contributed by atoms with E-state index in [0.29, 0.717) is 11.6 Å². The molecule has 11 heteroatoms. The lowest BCUT2D eigenvalue weighted by molar-refractivity contribution is 0.0416. The van der Waals surface area contributed by atoms with E-state index >= 15 is 0 Å². The summed E-state index contributed by atoms with van der Waals surface area (Å²) in [6.45, 7) is 5.92. The van der Waals surface area contributed by atoms with Gasteiger partial charge >= 0.3 is 0 Å². The van der Waals surface area contributed by atoms with E-state index in [2.05, 4.69) is 10.2 Å². The number of amides is 1. The highest BCUT2D eigenvalue weighted by Crippen LogP contribution is 2.32. The van der Waals surface area contributed by atoms with E-state index in [1.807, 2.05) is 20.8 Å². The zero-order valence-corrected chi connectivity index (χ0v) is 18.7. The maximum Gasteiger partial charge on any atom is 0.278 e. The Labute approximate surface area is 186 Å². The molecule has 0 unspecified atom stereocenters. The number of halogens is 2. The third kappa shape index (κ3) is 3.32. The highest BCUT2D eigenvalue weighted by Gasteiger charge is 2.43. The average molecular weight is 461 g/mol. The number of fused-ring (bicyclic) bond motifs is 1. The molecule has 0 fully saturated rings. The zero-order chi connectivity index (χ0) is 23.4. The quantitative estimate of drug-likeness (QED) is 0.643. The van der Waals surface area contributed by atoms with Gasteiger partial charge in [0.1, 0.15) is 22.3 Å². The summed E-state index contributed by atoms with van der Waals surface area (Å²) in [5.74, 6) is -2.50. The van der Waals surface area contributed by atoms with Crippen LogP contribution in [0.5, 0.6) is 5.75 Å². The minimum Gasteiger partial charge on any atom is -0.502 e. The number of hydrogen-bond acceptors (Lipinski definition) is 7. The lowest BCUT2D eigenvalue weighted by atomic mass is 10.1. The molecule has 0 atom stereocenters. The number of aromatic nitrogens is 3. The smallest absolute Gasteiger partial charge is 0.278 e. The molecule has 3 aromatic rings. The molecule has 1 aliphatic rings. The van der Waals surface area contributed by atoms with Crippen molar-refractivity contribution < 1.29 is 18.7 Å². The molecule has 1 N–H and O–H groups in total. The van der Waals surface area contributed by atoms with Crippen LogP contribution < -0.4 is 10.4 Å². The first-order valence-corrected chi connectivity index (χ1v) is 10.7. The van der Waals surface area contributed by atoms with Gasteiger partial charge in [-0.2, -0.15) is 0 Å². The molecule has 8 nitrogen and oxygen atoms in total. The number of carbonyl (C=O) groups is 1. The maximum absolute atomic E-state index is 14.0. The predicted octanol–water partition coefficient (Wildman–Crippen LogP) is 2.72. The van der Waals surface area contributed by atoms with Crippen LogP contribution in [0.15, 0.2) is 29.2 Å². The lowest BCUT2D eigenvalue weighted by Crippen LogP contribution is -2.66. The molecule has 1 aromatic carbocycles. The topological polar surface area (TPSA) is 91.6 Å². The number of nitrogens with zero attached hydrogens (tertiary/aromatic N) is 5. The Bertz CT molecular complexity index is 1290. The van der Waals surface area contributed by atoms with Gasteiger partial charge in [0.05, 0.1) is 5.56 Å². The molecule has 0 aliphatic carbocycles. The number of rotatable bonds is 4. The van der Waals surface area contributed by atoms with Crippen LogP contribution in [-0.4, -0.2) is 50.0 Å². The molecule has 2 aromatic heterocycles. The molecule has 4 rings (SSSR count). The van der Waals surface area contributed by atoms with Crippen molar-refractivity contribution in [3.63, 3.8) is 0 Å². The van der Waals surface area contributed by atoms with Crippen molar-refractivity contribution in [1.29, 1.82) is 0 Å². The molecular weight excluding hydrogens is 440 g/mol. The van der Waals surface area contributed by atoms with E-state index in [9.17, 15) is 23.5 Å². The highest BCUT2D eigenvalue weighted by atomic mass is 32.1. The van der Waals surface area contributed by atoms with Gasteiger partial charge in [-0.3, -0.25) is 19.3 Å². The second-order valence-corrected chi connectivity index (χ2v) is 8.96. The van der Waals surface area contributed by atoms with Crippen molar-refractivity contribution in [3.8, 4) is 16.3 Å². The van der Waals surface area contributed by atoms with Gasteiger partial charge in [0.25, 0.3) is 5.91 Å². The van der Waals surface area contributed by atoms with E-state index in [-0.39, 0.29) is 28.2 Å². The summed E-state index contributed by atoms with van der Waals surface area (Å²) in [4.78, 5) is 27.4. The summed E-state index contributed by atoms with van der Waals surface area (Å²) in [7, 11) is 1.75. The summed E-state index contributed by atoms with van der Waals surface area (Å²) in [6, 6.07) is 3.27. The average Bonchev–Trinajstić information content (AvgIpc) is 3.19. The van der Waals surface area contributed by atoms with Crippen molar-refractivity contribution in [2.45, 2.75) is 32.9 Å². The molecule has 1 aliphatic heterocycles. The normalized spacial score (nSPS) is 15.2. The van der Waals surface area contributed by atoms with Crippen molar-refractivity contribution in [2.24, 2.45) is 0 Å². The van der Waals surface area contributed by atoms with Crippen molar-refractivity contribution in [2.75, 3.05) is 18.6 Å². The van der Waals surface area contributed by atoms with E-state index in [1.165, 1.54) is 16.9 Å². The van der Waals surface area contributed by atoms with Gasteiger partial charge in [-0.25, -0.2) is 8.78 Å². The molecule has 168 valence electrons. The molecule has 32 heavy (non-hydrogen) atoms. The van der Waals surface area contributed by atoms with Crippen LogP contribution in [0.1, 0.15) is 41.8 Å². The second kappa shape index (κ2) is 7.66. The first-order valence-electron chi connectivity index (χ1n) is 9.87. The third-order valence-corrected chi connectivity index (χ3v) is 6.71. The van der Waals surface area contributed by atoms with E-state index < -0.39 is 34.4 Å². The SMILES string of the molecule is CCN1C(=O)c2c(O)c(=O)c(-c3nnc(Cc4ccc(F)cc4F)s3)cn2N(C)C1(C)C. The monoisotopic (exact) mass is 461 g/mol. The van der Waals surface area contributed by atoms with Crippen LogP contribution >= 0.6 is 11.3 Å². The lowest BCUT2D eigenvalue weighted by Gasteiger charge is -2.50. The van der Waals surface area contributed by atoms with Crippen molar-refractivity contribution >= 4 is 17.2 Å². The summed E-state index contributed by atoms with van der Waals surface area (Å²) in [5.41, 5.74) is -1.28. The van der Waals surface area contributed by atoms with Crippen molar-refractivity contribution in [1.82, 2.24) is 19.8 Å². The maximum atomic E-state index is 14.0. The molecule has 0 spiro atoms.